The Balaban J connectivity index is 1.32. The first-order chi connectivity index (χ1) is 20.1. The summed E-state index contributed by atoms with van der Waals surface area (Å²) in [5.74, 6) is -0.0407. The maximum atomic E-state index is 14.9. The molecule has 0 spiro atoms. The largest absolute Gasteiger partial charge is 0.493 e. The second-order valence-electron chi connectivity index (χ2n) is 11.4. The van der Waals surface area contributed by atoms with Crippen LogP contribution in [0.3, 0.4) is 0 Å². The van der Waals surface area contributed by atoms with E-state index < -0.39 is 9.39 Å². The number of halogens is 3. The van der Waals surface area contributed by atoms with Gasteiger partial charge in [-0.25, -0.2) is 4.39 Å². The molecule has 2 aromatic rings. The molecule has 226 valence electrons. The number of carboxylic acids is 1. The average molecular weight is 713 g/mol. The Labute approximate surface area is 263 Å². The molecule has 1 saturated carbocycles. The quantitative estimate of drug-likeness (QED) is 0.175. The summed E-state index contributed by atoms with van der Waals surface area (Å²) in [6.45, 7) is 1.72. The topological polar surface area (TPSA) is 96.4 Å². The normalized spacial score (nSPS) is 23.9. The number of carbonyl (C=O) groups is 3. The number of imide groups is 1. The second kappa shape index (κ2) is 13.1. The van der Waals surface area contributed by atoms with Gasteiger partial charge in [0.1, 0.15) is 15.8 Å². The summed E-state index contributed by atoms with van der Waals surface area (Å²) in [6.07, 6.45) is 4.77. The van der Waals surface area contributed by atoms with Crippen molar-refractivity contribution in [2.24, 2.45) is 5.92 Å². The van der Waals surface area contributed by atoms with Gasteiger partial charge in [0.05, 0.1) is 18.7 Å². The van der Waals surface area contributed by atoms with Gasteiger partial charge in [-0.05, 0) is 79.3 Å². The van der Waals surface area contributed by atoms with Gasteiger partial charge in [-0.15, -0.1) is 0 Å². The molecule has 2 aromatic carbocycles. The van der Waals surface area contributed by atoms with Crippen LogP contribution in [0.15, 0.2) is 30.3 Å². The Morgan fingerprint density at radius 2 is 1.83 bits per heavy atom. The molecule has 2 aliphatic carbocycles. The van der Waals surface area contributed by atoms with Crippen molar-refractivity contribution in [3.05, 3.63) is 57.9 Å². The van der Waals surface area contributed by atoms with E-state index >= 15 is 0 Å². The molecule has 42 heavy (non-hydrogen) atoms. The fraction of sp³-hybridized carbons (Fsp3) is 0.516. The van der Waals surface area contributed by atoms with E-state index in [0.717, 1.165) is 36.9 Å². The SMILES string of the molecule is COc1cc(CN(CC2CCC(I)(C(=O)O)CC2)[C@H]2CCc3c2ccc(Cl)c3F)ccc1OCCN1C(=O)CCC1=O. The Hall–Kier alpha value is -2.44. The molecule has 5 rings (SSSR count). The predicted molar refractivity (Wildman–Crippen MR) is 164 cm³/mol. The zero-order valence-electron chi connectivity index (χ0n) is 23.5. The molecule has 0 bridgehead atoms. The summed E-state index contributed by atoms with van der Waals surface area (Å²) in [6, 6.07) is 9.29. The van der Waals surface area contributed by atoms with Crippen LogP contribution in [0, 0.1) is 11.7 Å². The lowest BCUT2D eigenvalue weighted by atomic mass is 9.81. The van der Waals surface area contributed by atoms with Crippen LogP contribution >= 0.6 is 34.2 Å². The van der Waals surface area contributed by atoms with Crippen molar-refractivity contribution in [2.75, 3.05) is 26.8 Å². The number of amides is 2. The number of hydrogen-bond donors (Lipinski definition) is 1. The van der Waals surface area contributed by atoms with Gasteiger partial charge in [-0.1, -0.05) is 46.3 Å². The van der Waals surface area contributed by atoms with E-state index in [4.69, 9.17) is 21.1 Å². The highest BCUT2D eigenvalue weighted by Crippen LogP contribution is 2.43. The molecule has 2 fully saturated rings. The van der Waals surface area contributed by atoms with Crippen molar-refractivity contribution in [1.29, 1.82) is 0 Å². The lowest BCUT2D eigenvalue weighted by Gasteiger charge is -2.38. The number of carboxylic acid groups (broad SMARTS) is 1. The first-order valence-electron chi connectivity index (χ1n) is 14.4. The van der Waals surface area contributed by atoms with Crippen LogP contribution in [0.1, 0.15) is 67.7 Å². The Morgan fingerprint density at radius 1 is 1.12 bits per heavy atom. The van der Waals surface area contributed by atoms with Crippen molar-refractivity contribution < 1.29 is 33.4 Å². The number of rotatable bonds is 11. The van der Waals surface area contributed by atoms with Gasteiger partial charge in [0.15, 0.2) is 11.5 Å². The molecule has 3 aliphatic rings. The van der Waals surface area contributed by atoms with E-state index in [1.807, 2.05) is 24.3 Å². The molecule has 1 N–H and O–H groups in total. The number of ether oxygens (including phenoxy) is 2. The first kappa shape index (κ1) is 31.0. The number of nitrogens with zero attached hydrogens (tertiary/aromatic N) is 2. The number of alkyl halides is 1. The molecule has 1 aliphatic heterocycles. The van der Waals surface area contributed by atoms with Gasteiger partial charge in [0, 0.05) is 32.0 Å². The average Bonchev–Trinajstić information content (AvgIpc) is 3.55. The summed E-state index contributed by atoms with van der Waals surface area (Å²) in [5, 5.41) is 9.81. The molecule has 0 radical (unpaired) electrons. The van der Waals surface area contributed by atoms with E-state index in [-0.39, 0.29) is 54.7 Å². The maximum Gasteiger partial charge on any atom is 0.319 e. The summed E-state index contributed by atoms with van der Waals surface area (Å²) in [5.41, 5.74) is 2.63. The van der Waals surface area contributed by atoms with Gasteiger partial charge >= 0.3 is 5.97 Å². The molecule has 1 atom stereocenters. The lowest BCUT2D eigenvalue weighted by molar-refractivity contribution is -0.141. The van der Waals surface area contributed by atoms with E-state index in [9.17, 15) is 23.9 Å². The Bertz CT molecular complexity index is 1350. The molecule has 11 heteroatoms. The highest BCUT2D eigenvalue weighted by atomic mass is 127. The molecule has 2 amide bonds. The predicted octanol–water partition coefficient (Wildman–Crippen LogP) is 5.95. The third-order valence-electron chi connectivity index (χ3n) is 8.81. The summed E-state index contributed by atoms with van der Waals surface area (Å²) >= 11 is 8.19. The van der Waals surface area contributed by atoms with Crippen molar-refractivity contribution >= 4 is 52.0 Å². The minimum Gasteiger partial charge on any atom is -0.493 e. The highest BCUT2D eigenvalue weighted by Gasteiger charge is 2.41. The zero-order valence-corrected chi connectivity index (χ0v) is 26.5. The molecular weight excluding hydrogens is 678 g/mol. The van der Waals surface area contributed by atoms with E-state index in [0.29, 0.717) is 48.8 Å². The number of methoxy groups -OCH3 is 1. The van der Waals surface area contributed by atoms with E-state index in [2.05, 4.69) is 27.5 Å². The molecule has 8 nitrogen and oxygen atoms in total. The molecule has 0 unspecified atom stereocenters. The maximum absolute atomic E-state index is 14.9. The van der Waals surface area contributed by atoms with Crippen LogP contribution < -0.4 is 9.47 Å². The number of carbonyl (C=O) groups excluding carboxylic acids is 2. The minimum atomic E-state index is -0.747. The fourth-order valence-electron chi connectivity index (χ4n) is 6.44. The van der Waals surface area contributed by atoms with Crippen molar-refractivity contribution in [1.82, 2.24) is 9.80 Å². The smallest absolute Gasteiger partial charge is 0.319 e. The third-order valence-corrected chi connectivity index (χ3v) is 10.6. The Kier molecular flexibility index (Phi) is 9.63. The van der Waals surface area contributed by atoms with Crippen LogP contribution in [-0.2, 0) is 27.3 Å². The lowest BCUT2D eigenvalue weighted by Crippen LogP contribution is -2.40. The van der Waals surface area contributed by atoms with Gasteiger partial charge in [-0.2, -0.15) is 0 Å². The number of hydrogen-bond acceptors (Lipinski definition) is 6. The van der Waals surface area contributed by atoms with E-state index in [1.54, 1.807) is 13.2 Å². The van der Waals surface area contributed by atoms with Crippen molar-refractivity contribution in [3.63, 3.8) is 0 Å². The van der Waals surface area contributed by atoms with Crippen LogP contribution in [-0.4, -0.2) is 62.9 Å². The Morgan fingerprint density at radius 3 is 2.50 bits per heavy atom. The van der Waals surface area contributed by atoms with Gasteiger partial charge in [0.25, 0.3) is 0 Å². The monoisotopic (exact) mass is 712 g/mol. The zero-order chi connectivity index (χ0) is 30.0. The standard InChI is InChI=1S/C31H35ClFIN2O6/c1-41-26-16-20(2-7-25(26)42-15-14-36-27(37)8-9-28(36)38)18-35(17-19-10-12-31(34,13-11-19)30(39)40)24-6-4-22-21(24)3-5-23(32)29(22)33/h2-3,5,7,16,19,24H,4,6,8-15,17-18H2,1H3,(H,39,40)/t19?,24-,31?/m0/s1. The number of benzene rings is 2. The molecule has 1 heterocycles. The van der Waals surface area contributed by atoms with Gasteiger partial charge in [0.2, 0.25) is 11.8 Å². The summed E-state index contributed by atoms with van der Waals surface area (Å²) in [7, 11) is 1.57. The highest BCUT2D eigenvalue weighted by molar-refractivity contribution is 14.1. The summed E-state index contributed by atoms with van der Waals surface area (Å²) < 4.78 is 25.7. The van der Waals surface area contributed by atoms with Crippen LogP contribution in [0.2, 0.25) is 5.02 Å². The van der Waals surface area contributed by atoms with Crippen molar-refractivity contribution in [3.8, 4) is 11.5 Å². The van der Waals surface area contributed by atoms with Crippen LogP contribution in [0.4, 0.5) is 4.39 Å². The molecule has 0 aromatic heterocycles. The minimum absolute atomic E-state index is 0.00924. The number of likely N-dealkylation sites (tertiary alicyclic amines) is 1. The second-order valence-corrected chi connectivity index (χ2v) is 13.9. The van der Waals surface area contributed by atoms with Gasteiger partial charge in [-0.3, -0.25) is 24.2 Å². The third kappa shape index (κ3) is 6.55. The van der Waals surface area contributed by atoms with Crippen molar-refractivity contribution in [2.45, 2.75) is 67.4 Å². The van der Waals surface area contributed by atoms with Gasteiger partial charge < -0.3 is 14.6 Å². The fourth-order valence-corrected chi connectivity index (χ4v) is 7.24. The van der Waals surface area contributed by atoms with Crippen LogP contribution in [0.25, 0.3) is 0 Å². The molecular formula is C31H35ClFIN2O6. The number of fused-ring (bicyclic) bond motifs is 1. The first-order valence-corrected chi connectivity index (χ1v) is 15.8. The number of aliphatic carboxylic acids is 1. The van der Waals surface area contributed by atoms with E-state index in [1.165, 1.54) is 4.90 Å². The van der Waals surface area contributed by atoms with Crippen LogP contribution in [0.5, 0.6) is 11.5 Å². The molecule has 1 saturated heterocycles. The summed E-state index contributed by atoms with van der Waals surface area (Å²) in [4.78, 5) is 39.2.